The Morgan fingerprint density at radius 2 is 1.87 bits per heavy atom. The van der Waals surface area contributed by atoms with Crippen LogP contribution in [0.25, 0.3) is 0 Å². The number of benzene rings is 1. The van der Waals surface area contributed by atoms with Crippen molar-refractivity contribution in [3.05, 3.63) is 51.2 Å². The van der Waals surface area contributed by atoms with Gasteiger partial charge in [0.2, 0.25) is 0 Å². The molecule has 0 saturated carbocycles. The van der Waals surface area contributed by atoms with Gasteiger partial charge in [-0.2, -0.15) is 0 Å². The molecule has 0 aliphatic heterocycles. The first-order valence-corrected chi connectivity index (χ1v) is 6.15. The molecule has 0 unspecified atom stereocenters. The van der Waals surface area contributed by atoms with Crippen LogP contribution in [-0.4, -0.2) is 4.98 Å². The highest BCUT2D eigenvalue weighted by Gasteiger charge is 2.03. The third-order valence-electron chi connectivity index (χ3n) is 2.09. The van der Waals surface area contributed by atoms with Crippen LogP contribution in [0.2, 0.25) is 0 Å². The summed E-state index contributed by atoms with van der Waals surface area (Å²) < 4.78 is 2.12. The van der Waals surface area contributed by atoms with Gasteiger partial charge in [-0.05, 0) is 55.6 Å². The second-order valence-electron chi connectivity index (χ2n) is 3.17. The predicted octanol–water partition coefficient (Wildman–Crippen LogP) is 4.15. The van der Waals surface area contributed by atoms with Gasteiger partial charge in [-0.25, -0.2) is 0 Å². The predicted molar refractivity (Wildman–Crippen MR) is 70.0 cm³/mol. The molecule has 1 heterocycles. The third-order valence-corrected chi connectivity index (χ3v) is 3.42. The summed E-state index contributed by atoms with van der Waals surface area (Å²) in [5.74, 6) is 0. The molecule has 15 heavy (non-hydrogen) atoms. The van der Waals surface area contributed by atoms with Gasteiger partial charge in [-0.1, -0.05) is 6.07 Å². The Labute approximate surface area is 105 Å². The van der Waals surface area contributed by atoms with Crippen LogP contribution in [0.1, 0.15) is 5.56 Å². The molecule has 0 atom stereocenters. The van der Waals surface area contributed by atoms with E-state index in [1.807, 2.05) is 30.6 Å². The first kappa shape index (κ1) is 10.8. The van der Waals surface area contributed by atoms with E-state index in [9.17, 15) is 0 Å². The third kappa shape index (κ3) is 2.63. The van der Waals surface area contributed by atoms with E-state index in [0.29, 0.717) is 0 Å². The molecular weight excluding hydrogens is 320 g/mol. The van der Waals surface area contributed by atoms with Crippen molar-refractivity contribution < 1.29 is 0 Å². The molecule has 0 fully saturated rings. The molecule has 1 aromatic carbocycles. The summed E-state index contributed by atoms with van der Waals surface area (Å²) in [6.45, 7) is 0.810. The number of hydrogen-bond donors (Lipinski definition) is 2. The SMILES string of the molecule is Brc1cccc(Br)c1NCc1cc[nH]c1. The van der Waals surface area contributed by atoms with E-state index in [2.05, 4.69) is 48.2 Å². The molecule has 2 nitrogen and oxygen atoms in total. The van der Waals surface area contributed by atoms with Crippen LogP contribution < -0.4 is 5.32 Å². The van der Waals surface area contributed by atoms with Gasteiger partial charge >= 0.3 is 0 Å². The molecule has 0 amide bonds. The van der Waals surface area contributed by atoms with E-state index in [0.717, 1.165) is 21.2 Å². The van der Waals surface area contributed by atoms with E-state index in [-0.39, 0.29) is 0 Å². The van der Waals surface area contributed by atoms with Crippen molar-refractivity contribution in [2.24, 2.45) is 0 Å². The van der Waals surface area contributed by atoms with Crippen molar-refractivity contribution in [1.82, 2.24) is 4.98 Å². The zero-order valence-electron chi connectivity index (χ0n) is 7.93. The molecule has 2 aromatic rings. The maximum absolute atomic E-state index is 3.51. The first-order valence-electron chi connectivity index (χ1n) is 4.57. The minimum atomic E-state index is 0.810. The second-order valence-corrected chi connectivity index (χ2v) is 4.88. The molecular formula is C11H10Br2N2. The van der Waals surface area contributed by atoms with Gasteiger partial charge in [-0.15, -0.1) is 0 Å². The summed E-state index contributed by atoms with van der Waals surface area (Å²) >= 11 is 7.02. The van der Waals surface area contributed by atoms with E-state index in [4.69, 9.17) is 0 Å². The fraction of sp³-hybridized carbons (Fsp3) is 0.0909. The van der Waals surface area contributed by atoms with Gasteiger partial charge in [0.1, 0.15) is 0 Å². The molecule has 0 radical (unpaired) electrons. The summed E-state index contributed by atoms with van der Waals surface area (Å²) in [7, 11) is 0. The largest absolute Gasteiger partial charge is 0.379 e. The Balaban J connectivity index is 2.11. The minimum Gasteiger partial charge on any atom is -0.379 e. The van der Waals surface area contributed by atoms with Gasteiger partial charge in [0, 0.05) is 27.9 Å². The van der Waals surface area contributed by atoms with E-state index >= 15 is 0 Å². The number of anilines is 1. The van der Waals surface area contributed by atoms with Crippen molar-refractivity contribution in [2.45, 2.75) is 6.54 Å². The number of H-pyrrole nitrogens is 1. The Hall–Kier alpha value is -0.740. The Morgan fingerprint density at radius 3 is 2.47 bits per heavy atom. The first-order chi connectivity index (χ1) is 7.27. The lowest BCUT2D eigenvalue weighted by Crippen LogP contribution is -1.99. The number of para-hydroxylation sites is 1. The maximum atomic E-state index is 3.51. The lowest BCUT2D eigenvalue weighted by atomic mass is 10.3. The van der Waals surface area contributed by atoms with Crippen molar-refractivity contribution >= 4 is 37.5 Å². The Bertz CT molecular complexity index is 418. The Morgan fingerprint density at radius 1 is 1.13 bits per heavy atom. The van der Waals surface area contributed by atoms with Crippen LogP contribution in [0.5, 0.6) is 0 Å². The molecule has 78 valence electrons. The zero-order chi connectivity index (χ0) is 10.7. The molecule has 0 saturated heterocycles. The van der Waals surface area contributed by atoms with Crippen molar-refractivity contribution in [2.75, 3.05) is 5.32 Å². The fourth-order valence-corrected chi connectivity index (χ4v) is 2.60. The van der Waals surface area contributed by atoms with Gasteiger partial charge in [0.05, 0.1) is 5.69 Å². The molecule has 4 heteroatoms. The average Bonchev–Trinajstić information content (AvgIpc) is 2.70. The molecule has 1 aromatic heterocycles. The number of aromatic nitrogens is 1. The van der Waals surface area contributed by atoms with Gasteiger partial charge in [-0.3, -0.25) is 0 Å². The molecule has 2 rings (SSSR count). The van der Waals surface area contributed by atoms with Crippen molar-refractivity contribution in [3.8, 4) is 0 Å². The lowest BCUT2D eigenvalue weighted by molar-refractivity contribution is 1.15. The quantitative estimate of drug-likeness (QED) is 0.869. The molecule has 0 aliphatic rings. The smallest absolute Gasteiger partial charge is 0.0631 e. The summed E-state index contributed by atoms with van der Waals surface area (Å²) in [5.41, 5.74) is 2.32. The summed E-state index contributed by atoms with van der Waals surface area (Å²) in [6, 6.07) is 8.09. The van der Waals surface area contributed by atoms with Gasteiger partial charge < -0.3 is 10.3 Å². The van der Waals surface area contributed by atoms with E-state index in [1.165, 1.54) is 5.56 Å². The monoisotopic (exact) mass is 328 g/mol. The van der Waals surface area contributed by atoms with Crippen LogP contribution in [0.15, 0.2) is 45.6 Å². The van der Waals surface area contributed by atoms with E-state index in [1.54, 1.807) is 0 Å². The van der Waals surface area contributed by atoms with Crippen molar-refractivity contribution in [1.29, 1.82) is 0 Å². The van der Waals surface area contributed by atoms with Crippen LogP contribution >= 0.6 is 31.9 Å². The summed E-state index contributed by atoms with van der Waals surface area (Å²) in [5, 5.41) is 3.37. The van der Waals surface area contributed by atoms with Gasteiger partial charge in [0.15, 0.2) is 0 Å². The van der Waals surface area contributed by atoms with Gasteiger partial charge in [0.25, 0.3) is 0 Å². The highest BCUT2D eigenvalue weighted by molar-refractivity contribution is 9.11. The highest BCUT2D eigenvalue weighted by Crippen LogP contribution is 2.30. The number of hydrogen-bond acceptors (Lipinski definition) is 1. The minimum absolute atomic E-state index is 0.810. The van der Waals surface area contributed by atoms with E-state index < -0.39 is 0 Å². The molecule has 0 aliphatic carbocycles. The van der Waals surface area contributed by atoms with Crippen LogP contribution in [-0.2, 0) is 6.54 Å². The Kier molecular flexibility index (Phi) is 3.49. The number of aromatic amines is 1. The number of rotatable bonds is 3. The fourth-order valence-electron chi connectivity index (χ4n) is 1.33. The topological polar surface area (TPSA) is 27.8 Å². The maximum Gasteiger partial charge on any atom is 0.0631 e. The van der Waals surface area contributed by atoms with Crippen LogP contribution in [0.3, 0.4) is 0 Å². The average molecular weight is 330 g/mol. The number of nitrogens with one attached hydrogen (secondary N) is 2. The summed E-state index contributed by atoms with van der Waals surface area (Å²) in [4.78, 5) is 3.03. The van der Waals surface area contributed by atoms with Crippen LogP contribution in [0, 0.1) is 0 Å². The standard InChI is InChI=1S/C11H10Br2N2/c12-9-2-1-3-10(13)11(9)15-7-8-4-5-14-6-8/h1-6,14-15H,7H2. The number of halogens is 2. The van der Waals surface area contributed by atoms with Crippen molar-refractivity contribution in [3.63, 3.8) is 0 Å². The summed E-state index contributed by atoms with van der Waals surface area (Å²) in [6.07, 6.45) is 3.91. The molecule has 2 N–H and O–H groups in total. The second kappa shape index (κ2) is 4.86. The zero-order valence-corrected chi connectivity index (χ0v) is 11.1. The molecule has 0 spiro atoms. The highest BCUT2D eigenvalue weighted by atomic mass is 79.9. The van der Waals surface area contributed by atoms with Crippen LogP contribution in [0.4, 0.5) is 5.69 Å². The normalized spacial score (nSPS) is 10.3. The molecule has 0 bridgehead atoms. The lowest BCUT2D eigenvalue weighted by Gasteiger charge is -2.09.